The van der Waals surface area contributed by atoms with Gasteiger partial charge in [-0.15, -0.1) is 0 Å². The molecule has 0 radical (unpaired) electrons. The number of carbonyl (C=O) groups excluding carboxylic acids is 1. The van der Waals surface area contributed by atoms with Crippen molar-refractivity contribution in [1.29, 1.82) is 0 Å². The van der Waals surface area contributed by atoms with Crippen LogP contribution in [0.1, 0.15) is 38.4 Å². The zero-order valence-corrected chi connectivity index (χ0v) is 11.4. The van der Waals surface area contributed by atoms with Gasteiger partial charge in [0.05, 0.1) is 17.4 Å². The maximum Gasteiger partial charge on any atom is 0.226 e. The van der Waals surface area contributed by atoms with E-state index in [-0.39, 0.29) is 11.3 Å². The number of nitrogens with one attached hydrogen (secondary N) is 2. The number of imidazole rings is 1. The van der Waals surface area contributed by atoms with Crippen LogP contribution >= 0.6 is 0 Å². The Bertz CT molecular complexity index is 420. The van der Waals surface area contributed by atoms with E-state index >= 15 is 0 Å². The molecule has 5 nitrogen and oxygen atoms in total. The first-order valence-electron chi connectivity index (χ1n) is 6.48. The van der Waals surface area contributed by atoms with Crippen LogP contribution in [0.25, 0.3) is 0 Å². The van der Waals surface area contributed by atoms with E-state index < -0.39 is 0 Å². The summed E-state index contributed by atoms with van der Waals surface area (Å²) in [7, 11) is 1.67. The highest BCUT2D eigenvalue weighted by atomic mass is 16.2. The van der Waals surface area contributed by atoms with Crippen molar-refractivity contribution < 1.29 is 4.79 Å². The number of rotatable bonds is 6. The maximum absolute atomic E-state index is 11.6. The molecule has 1 aliphatic rings. The van der Waals surface area contributed by atoms with E-state index in [1.54, 1.807) is 7.05 Å². The molecule has 0 aromatic carbocycles. The number of aromatic nitrogens is 2. The van der Waals surface area contributed by atoms with Crippen molar-refractivity contribution in [2.45, 2.75) is 39.3 Å². The number of hydrogen-bond donors (Lipinski definition) is 2. The lowest BCUT2D eigenvalue weighted by Crippen LogP contribution is -2.42. The Morgan fingerprint density at radius 3 is 2.89 bits per heavy atom. The number of carbonyl (C=O) groups is 1. The molecule has 1 aromatic rings. The van der Waals surface area contributed by atoms with Crippen molar-refractivity contribution in [3.63, 3.8) is 0 Å². The highest BCUT2D eigenvalue weighted by Crippen LogP contribution is 2.35. The third kappa shape index (κ3) is 2.90. The number of nitrogens with zero attached hydrogens (tertiary/aromatic N) is 2. The summed E-state index contributed by atoms with van der Waals surface area (Å²) in [5.74, 6) is 0.0608. The summed E-state index contributed by atoms with van der Waals surface area (Å²) in [6.45, 7) is 5.30. The summed E-state index contributed by atoms with van der Waals surface area (Å²) in [4.78, 5) is 15.8. The third-order valence-corrected chi connectivity index (χ3v) is 3.40. The van der Waals surface area contributed by atoms with Crippen LogP contribution in [0.2, 0.25) is 0 Å². The average Bonchev–Trinajstić information content (AvgIpc) is 3.08. The van der Waals surface area contributed by atoms with Crippen molar-refractivity contribution >= 4 is 5.91 Å². The topological polar surface area (TPSA) is 59.0 Å². The quantitative estimate of drug-likeness (QED) is 0.794. The van der Waals surface area contributed by atoms with Crippen LogP contribution in [0.15, 0.2) is 12.5 Å². The van der Waals surface area contributed by atoms with Gasteiger partial charge in [0.1, 0.15) is 0 Å². The molecule has 1 saturated carbocycles. The Balaban J connectivity index is 1.84. The van der Waals surface area contributed by atoms with Gasteiger partial charge in [0.15, 0.2) is 0 Å². The van der Waals surface area contributed by atoms with Gasteiger partial charge in [-0.2, -0.15) is 0 Å². The average molecular weight is 250 g/mol. The van der Waals surface area contributed by atoms with Gasteiger partial charge in [-0.05, 0) is 26.7 Å². The molecule has 0 spiro atoms. The third-order valence-electron chi connectivity index (χ3n) is 3.40. The van der Waals surface area contributed by atoms with Gasteiger partial charge < -0.3 is 15.2 Å². The summed E-state index contributed by atoms with van der Waals surface area (Å²) in [5, 5.41) is 6.04. The van der Waals surface area contributed by atoms with Crippen LogP contribution in [-0.2, 0) is 11.3 Å². The van der Waals surface area contributed by atoms with Crippen molar-refractivity contribution in [2.24, 2.45) is 5.41 Å². The molecule has 1 fully saturated rings. The maximum atomic E-state index is 11.6. The zero-order valence-electron chi connectivity index (χ0n) is 11.4. The van der Waals surface area contributed by atoms with Crippen molar-refractivity contribution in [2.75, 3.05) is 13.6 Å². The molecule has 2 N–H and O–H groups in total. The second kappa shape index (κ2) is 5.10. The van der Waals surface area contributed by atoms with Gasteiger partial charge in [0.25, 0.3) is 0 Å². The highest BCUT2D eigenvalue weighted by molar-refractivity contribution is 5.81. The van der Waals surface area contributed by atoms with Crippen LogP contribution < -0.4 is 10.6 Å². The number of hydrogen-bond acceptors (Lipinski definition) is 3. The van der Waals surface area contributed by atoms with Crippen LogP contribution in [0.5, 0.6) is 0 Å². The largest absolute Gasteiger partial charge is 0.359 e. The molecule has 0 atom stereocenters. The molecule has 18 heavy (non-hydrogen) atoms. The Labute approximate surface area is 108 Å². The lowest BCUT2D eigenvalue weighted by atomic mass is 9.92. The smallest absolute Gasteiger partial charge is 0.226 e. The van der Waals surface area contributed by atoms with Crippen LogP contribution in [0.3, 0.4) is 0 Å². The molecule has 0 aliphatic heterocycles. The van der Waals surface area contributed by atoms with E-state index in [1.807, 2.05) is 26.4 Å². The minimum atomic E-state index is -0.390. The normalized spacial score (nSPS) is 15.7. The van der Waals surface area contributed by atoms with Gasteiger partial charge >= 0.3 is 0 Å². The molecule has 2 rings (SSSR count). The molecular weight excluding hydrogens is 228 g/mol. The van der Waals surface area contributed by atoms with Crippen molar-refractivity contribution in [3.8, 4) is 0 Å². The lowest BCUT2D eigenvalue weighted by Gasteiger charge is -2.23. The molecular formula is C13H22N4O. The molecule has 0 saturated heterocycles. The molecule has 1 aliphatic carbocycles. The molecule has 1 amide bonds. The lowest BCUT2D eigenvalue weighted by molar-refractivity contribution is -0.128. The van der Waals surface area contributed by atoms with Gasteiger partial charge in [-0.1, -0.05) is 0 Å². The second-order valence-corrected chi connectivity index (χ2v) is 5.59. The Kier molecular flexibility index (Phi) is 3.71. The van der Waals surface area contributed by atoms with Crippen LogP contribution in [0, 0.1) is 5.41 Å². The van der Waals surface area contributed by atoms with E-state index in [0.29, 0.717) is 12.6 Å². The van der Waals surface area contributed by atoms with E-state index in [0.717, 1.165) is 6.54 Å². The molecule has 0 unspecified atom stereocenters. The molecule has 5 heteroatoms. The predicted molar refractivity (Wildman–Crippen MR) is 70.1 cm³/mol. The SMILES string of the molecule is CNC(=O)C(C)(C)CNCc1cncn1C1CC1. The fraction of sp³-hybridized carbons (Fsp3) is 0.692. The highest BCUT2D eigenvalue weighted by Gasteiger charge is 2.27. The molecule has 1 heterocycles. The molecule has 100 valence electrons. The van der Waals surface area contributed by atoms with Gasteiger partial charge in [-0.25, -0.2) is 4.98 Å². The van der Waals surface area contributed by atoms with Gasteiger partial charge in [0.2, 0.25) is 5.91 Å². The van der Waals surface area contributed by atoms with Gasteiger partial charge in [-0.3, -0.25) is 4.79 Å². The van der Waals surface area contributed by atoms with Crippen molar-refractivity contribution in [3.05, 3.63) is 18.2 Å². The first kappa shape index (κ1) is 13.1. The second-order valence-electron chi connectivity index (χ2n) is 5.59. The Morgan fingerprint density at radius 2 is 2.28 bits per heavy atom. The van der Waals surface area contributed by atoms with E-state index in [9.17, 15) is 4.79 Å². The summed E-state index contributed by atoms with van der Waals surface area (Å²) in [6, 6.07) is 0.649. The summed E-state index contributed by atoms with van der Waals surface area (Å²) in [6.07, 6.45) is 6.32. The monoisotopic (exact) mass is 250 g/mol. The zero-order chi connectivity index (χ0) is 13.2. The fourth-order valence-corrected chi connectivity index (χ4v) is 2.07. The molecule has 0 bridgehead atoms. The summed E-state index contributed by atoms with van der Waals surface area (Å²) >= 11 is 0. The van der Waals surface area contributed by atoms with Crippen LogP contribution in [-0.4, -0.2) is 29.1 Å². The Hall–Kier alpha value is -1.36. The van der Waals surface area contributed by atoms with E-state index in [2.05, 4.69) is 20.2 Å². The minimum Gasteiger partial charge on any atom is -0.359 e. The predicted octanol–water partition coefficient (Wildman–Crippen LogP) is 1.08. The first-order chi connectivity index (χ1) is 8.54. The standard InChI is InChI=1S/C13H22N4O/c1-13(2,12(18)14-3)8-15-6-11-7-16-9-17(11)10-4-5-10/h7,9-10,15H,4-6,8H2,1-3H3,(H,14,18). The van der Waals surface area contributed by atoms with Crippen molar-refractivity contribution in [1.82, 2.24) is 20.2 Å². The Morgan fingerprint density at radius 1 is 1.56 bits per heavy atom. The molecule has 1 aromatic heterocycles. The van der Waals surface area contributed by atoms with E-state index in [4.69, 9.17) is 0 Å². The minimum absolute atomic E-state index is 0.0608. The summed E-state index contributed by atoms with van der Waals surface area (Å²) in [5.41, 5.74) is 0.810. The van der Waals surface area contributed by atoms with Gasteiger partial charge in [0, 0.05) is 32.4 Å². The van der Waals surface area contributed by atoms with Crippen LogP contribution in [0.4, 0.5) is 0 Å². The fourth-order valence-electron chi connectivity index (χ4n) is 2.07. The summed E-state index contributed by atoms with van der Waals surface area (Å²) < 4.78 is 2.24. The number of amides is 1. The van der Waals surface area contributed by atoms with E-state index in [1.165, 1.54) is 18.5 Å². The first-order valence-corrected chi connectivity index (χ1v) is 6.48.